The summed E-state index contributed by atoms with van der Waals surface area (Å²) in [5.74, 6) is -2.23. The number of aromatic amines is 1. The Kier molecular flexibility index (Phi) is 6.51. The van der Waals surface area contributed by atoms with Crippen molar-refractivity contribution in [3.8, 4) is 11.6 Å². The van der Waals surface area contributed by atoms with E-state index in [4.69, 9.17) is 4.74 Å². The molecular formula is C28H29F2N7O2. The molecular weight excluding hydrogens is 504 g/mol. The number of benzene rings is 2. The molecule has 3 N–H and O–H groups in total. The molecule has 1 aliphatic carbocycles. The zero-order valence-electron chi connectivity index (χ0n) is 21.7. The zero-order valence-corrected chi connectivity index (χ0v) is 21.7. The highest BCUT2D eigenvalue weighted by molar-refractivity contribution is 6.02. The van der Waals surface area contributed by atoms with E-state index in [0.717, 1.165) is 50.8 Å². The molecule has 9 nitrogen and oxygen atoms in total. The Labute approximate surface area is 224 Å². The highest BCUT2D eigenvalue weighted by atomic mass is 19.1. The average molecular weight is 534 g/mol. The standard InChI is InChI=1S/C28H29F2N7O2/c1-16-13-20-24(30)22(14-21(29)25(20)33-16)39-28-23(27(38)35-18-3-4-18)26(31-15-32-28)34-17-5-7-19(8-6-17)37-11-9-36(2)10-12-37/h5-8,13-15,18,33H,3-4,9-12H2,1-2H3,(H,35,38)(H,31,32,34). The molecule has 1 saturated heterocycles. The van der Waals surface area contributed by atoms with Crippen molar-refractivity contribution < 1.29 is 18.3 Å². The first-order chi connectivity index (χ1) is 18.9. The average Bonchev–Trinajstić information content (AvgIpc) is 3.65. The lowest BCUT2D eigenvalue weighted by Crippen LogP contribution is -2.44. The van der Waals surface area contributed by atoms with Crippen LogP contribution < -0.4 is 20.3 Å². The number of anilines is 3. The number of likely N-dealkylation sites (N-methyl/N-ethyl adjacent to an activating group) is 1. The number of aromatic nitrogens is 3. The van der Waals surface area contributed by atoms with Gasteiger partial charge in [-0.2, -0.15) is 0 Å². The van der Waals surface area contributed by atoms with Crippen LogP contribution in [0.3, 0.4) is 0 Å². The molecule has 11 heteroatoms. The third kappa shape index (κ3) is 5.22. The number of carbonyl (C=O) groups is 1. The fraction of sp³-hybridized carbons (Fsp3) is 0.321. The molecule has 2 aromatic heterocycles. The number of amides is 1. The minimum absolute atomic E-state index is 0.0118. The first-order valence-corrected chi connectivity index (χ1v) is 13.0. The molecule has 2 aliphatic rings. The summed E-state index contributed by atoms with van der Waals surface area (Å²) in [6, 6.07) is 10.4. The number of rotatable bonds is 7. The first kappa shape index (κ1) is 25.1. The Morgan fingerprint density at radius 1 is 1.08 bits per heavy atom. The minimum Gasteiger partial charge on any atom is -0.435 e. The second-order valence-corrected chi connectivity index (χ2v) is 10.1. The van der Waals surface area contributed by atoms with Gasteiger partial charge in [0.25, 0.3) is 5.91 Å². The quantitative estimate of drug-likeness (QED) is 0.316. The fourth-order valence-electron chi connectivity index (χ4n) is 4.70. The molecule has 6 rings (SSSR count). The van der Waals surface area contributed by atoms with E-state index >= 15 is 4.39 Å². The van der Waals surface area contributed by atoms with Crippen molar-refractivity contribution in [2.45, 2.75) is 25.8 Å². The number of piperazine rings is 1. The number of hydrogen-bond donors (Lipinski definition) is 3. The molecule has 202 valence electrons. The van der Waals surface area contributed by atoms with Crippen molar-refractivity contribution in [1.82, 2.24) is 25.2 Å². The lowest BCUT2D eigenvalue weighted by atomic mass is 10.2. The predicted molar refractivity (Wildman–Crippen MR) is 145 cm³/mol. The van der Waals surface area contributed by atoms with Gasteiger partial charge in [-0.3, -0.25) is 4.79 Å². The summed E-state index contributed by atoms with van der Waals surface area (Å²) in [5, 5.41) is 6.15. The van der Waals surface area contributed by atoms with E-state index in [0.29, 0.717) is 11.4 Å². The smallest absolute Gasteiger partial charge is 0.260 e. The van der Waals surface area contributed by atoms with Gasteiger partial charge in [-0.05, 0) is 57.1 Å². The van der Waals surface area contributed by atoms with Gasteiger partial charge < -0.3 is 30.2 Å². The molecule has 4 aromatic rings. The van der Waals surface area contributed by atoms with E-state index in [1.807, 2.05) is 24.3 Å². The van der Waals surface area contributed by atoms with Crippen LogP contribution >= 0.6 is 0 Å². The van der Waals surface area contributed by atoms with Crippen LogP contribution in [-0.2, 0) is 0 Å². The minimum atomic E-state index is -0.753. The van der Waals surface area contributed by atoms with Crippen molar-refractivity contribution in [2.75, 3.05) is 43.4 Å². The van der Waals surface area contributed by atoms with E-state index < -0.39 is 17.5 Å². The number of aryl methyl sites for hydroxylation is 1. The summed E-state index contributed by atoms with van der Waals surface area (Å²) >= 11 is 0. The molecule has 0 spiro atoms. The Bertz CT molecular complexity index is 1530. The van der Waals surface area contributed by atoms with Crippen LogP contribution in [0.2, 0.25) is 0 Å². The van der Waals surface area contributed by atoms with E-state index in [9.17, 15) is 9.18 Å². The van der Waals surface area contributed by atoms with Crippen LogP contribution in [0, 0.1) is 18.6 Å². The number of H-pyrrole nitrogens is 1. The number of nitrogens with zero attached hydrogens (tertiary/aromatic N) is 4. The fourth-order valence-corrected chi connectivity index (χ4v) is 4.70. The van der Waals surface area contributed by atoms with E-state index in [1.165, 1.54) is 12.4 Å². The van der Waals surface area contributed by atoms with Gasteiger partial charge in [-0.1, -0.05) is 0 Å². The topological polar surface area (TPSA) is 98.4 Å². The van der Waals surface area contributed by atoms with Crippen LogP contribution in [0.1, 0.15) is 28.9 Å². The van der Waals surface area contributed by atoms with Crippen LogP contribution in [0.15, 0.2) is 42.7 Å². The highest BCUT2D eigenvalue weighted by Gasteiger charge is 2.29. The van der Waals surface area contributed by atoms with Crippen LogP contribution in [-0.4, -0.2) is 65.0 Å². The van der Waals surface area contributed by atoms with Gasteiger partial charge in [0.05, 0.1) is 5.52 Å². The van der Waals surface area contributed by atoms with Crippen LogP contribution in [0.25, 0.3) is 10.9 Å². The van der Waals surface area contributed by atoms with Gasteiger partial charge in [0.2, 0.25) is 5.88 Å². The van der Waals surface area contributed by atoms with Crippen molar-refractivity contribution in [3.63, 3.8) is 0 Å². The first-order valence-electron chi connectivity index (χ1n) is 13.0. The second-order valence-electron chi connectivity index (χ2n) is 10.1. The largest absolute Gasteiger partial charge is 0.435 e. The van der Waals surface area contributed by atoms with Crippen molar-refractivity contribution in [2.24, 2.45) is 0 Å². The molecule has 1 saturated carbocycles. The monoisotopic (exact) mass is 533 g/mol. The lowest BCUT2D eigenvalue weighted by molar-refractivity contribution is 0.0948. The third-order valence-corrected chi connectivity index (χ3v) is 7.06. The number of halogens is 2. The summed E-state index contributed by atoms with van der Waals surface area (Å²) in [6.07, 6.45) is 2.96. The second kappa shape index (κ2) is 10.1. The van der Waals surface area contributed by atoms with Crippen molar-refractivity contribution in [3.05, 3.63) is 65.6 Å². The molecule has 39 heavy (non-hydrogen) atoms. The molecule has 2 aromatic carbocycles. The predicted octanol–water partition coefficient (Wildman–Crippen LogP) is 4.72. The molecule has 2 fully saturated rings. The van der Waals surface area contributed by atoms with Gasteiger partial charge in [0, 0.05) is 60.7 Å². The number of ether oxygens (including phenoxy) is 1. The summed E-state index contributed by atoms with van der Waals surface area (Å²) in [4.78, 5) is 29.1. The molecule has 0 unspecified atom stereocenters. The third-order valence-electron chi connectivity index (χ3n) is 7.06. The van der Waals surface area contributed by atoms with Crippen LogP contribution in [0.4, 0.5) is 26.0 Å². The maximum absolute atomic E-state index is 15.3. The van der Waals surface area contributed by atoms with Crippen LogP contribution in [0.5, 0.6) is 11.6 Å². The van der Waals surface area contributed by atoms with Gasteiger partial charge in [-0.15, -0.1) is 0 Å². The Hall–Kier alpha value is -4.25. The summed E-state index contributed by atoms with van der Waals surface area (Å²) < 4.78 is 35.8. The van der Waals surface area contributed by atoms with Gasteiger partial charge in [0.1, 0.15) is 11.9 Å². The molecule has 1 aliphatic heterocycles. The normalized spacial score (nSPS) is 15.9. The molecule has 0 radical (unpaired) electrons. The Balaban J connectivity index is 1.31. The van der Waals surface area contributed by atoms with Crippen molar-refractivity contribution >= 4 is 34.0 Å². The van der Waals surface area contributed by atoms with E-state index in [2.05, 4.69) is 42.4 Å². The molecule has 3 heterocycles. The highest BCUT2D eigenvalue weighted by Crippen LogP contribution is 2.35. The zero-order chi connectivity index (χ0) is 27.1. The number of fused-ring (bicyclic) bond motifs is 1. The number of hydrogen-bond acceptors (Lipinski definition) is 7. The SMILES string of the molecule is Cc1cc2c(F)c(Oc3ncnc(Nc4ccc(N5CCN(C)CC5)cc4)c3C(=O)NC3CC3)cc(F)c2[nH]1. The maximum Gasteiger partial charge on any atom is 0.260 e. The molecule has 0 atom stereocenters. The van der Waals surface area contributed by atoms with Crippen molar-refractivity contribution in [1.29, 1.82) is 0 Å². The van der Waals surface area contributed by atoms with E-state index in [1.54, 1.807) is 6.92 Å². The van der Waals surface area contributed by atoms with Gasteiger partial charge in [0.15, 0.2) is 23.2 Å². The maximum atomic E-state index is 15.3. The lowest BCUT2D eigenvalue weighted by Gasteiger charge is -2.34. The Morgan fingerprint density at radius 3 is 2.54 bits per heavy atom. The number of carbonyl (C=O) groups excluding carboxylic acids is 1. The summed E-state index contributed by atoms with van der Waals surface area (Å²) in [6.45, 7) is 5.62. The number of nitrogens with one attached hydrogen (secondary N) is 3. The summed E-state index contributed by atoms with van der Waals surface area (Å²) in [7, 11) is 2.12. The van der Waals surface area contributed by atoms with Gasteiger partial charge >= 0.3 is 0 Å². The molecule has 1 amide bonds. The summed E-state index contributed by atoms with van der Waals surface area (Å²) in [5.41, 5.74) is 2.49. The molecule has 0 bridgehead atoms. The van der Waals surface area contributed by atoms with E-state index in [-0.39, 0.29) is 40.0 Å². The van der Waals surface area contributed by atoms with Gasteiger partial charge in [-0.25, -0.2) is 18.7 Å². The Morgan fingerprint density at radius 2 is 1.82 bits per heavy atom.